The zero-order valence-electron chi connectivity index (χ0n) is 8.58. The molecule has 0 atom stereocenters. The monoisotopic (exact) mass is 344 g/mol. The first kappa shape index (κ1) is 12.2. The van der Waals surface area contributed by atoms with E-state index in [9.17, 15) is 13.6 Å². The molecule has 0 fully saturated rings. The lowest BCUT2D eigenvalue weighted by atomic mass is 10.0. The smallest absolute Gasteiger partial charge is 0.196 e. The summed E-state index contributed by atoms with van der Waals surface area (Å²) in [7, 11) is 0. The minimum absolute atomic E-state index is 0.244. The molecule has 4 heteroatoms. The summed E-state index contributed by atoms with van der Waals surface area (Å²) in [5.74, 6) is -2.63. The molecule has 0 heterocycles. The highest BCUT2D eigenvalue weighted by atomic mass is 127. The van der Waals surface area contributed by atoms with Crippen LogP contribution in [0.4, 0.5) is 8.78 Å². The van der Waals surface area contributed by atoms with Crippen molar-refractivity contribution in [1.29, 1.82) is 0 Å². The molecule has 2 aromatic rings. The molecule has 2 rings (SSSR count). The van der Waals surface area contributed by atoms with Gasteiger partial charge in [0.25, 0.3) is 0 Å². The van der Waals surface area contributed by atoms with Gasteiger partial charge in [-0.15, -0.1) is 0 Å². The van der Waals surface area contributed by atoms with Crippen molar-refractivity contribution in [1.82, 2.24) is 0 Å². The molecule has 0 amide bonds. The normalized spacial score (nSPS) is 10.3. The van der Waals surface area contributed by atoms with Crippen molar-refractivity contribution in [2.75, 3.05) is 0 Å². The Kier molecular flexibility index (Phi) is 3.51. The van der Waals surface area contributed by atoms with Crippen molar-refractivity contribution in [3.8, 4) is 0 Å². The van der Waals surface area contributed by atoms with Crippen molar-refractivity contribution in [3.63, 3.8) is 0 Å². The Morgan fingerprint density at radius 2 is 1.65 bits per heavy atom. The molecule has 86 valence electrons. The number of ketones is 1. The number of hydrogen-bond donors (Lipinski definition) is 0. The molecule has 0 spiro atoms. The van der Waals surface area contributed by atoms with Gasteiger partial charge in [-0.3, -0.25) is 4.79 Å². The summed E-state index contributed by atoms with van der Waals surface area (Å²) >= 11 is 2.10. The molecular formula is C13H7F2IO. The Labute approximate surface area is 111 Å². The summed E-state index contributed by atoms with van der Waals surface area (Å²) in [6.07, 6.45) is 0. The Hall–Kier alpha value is -1.30. The Morgan fingerprint density at radius 1 is 1.00 bits per heavy atom. The lowest BCUT2D eigenvalue weighted by molar-refractivity contribution is 0.103. The van der Waals surface area contributed by atoms with Crippen LogP contribution in [0.25, 0.3) is 0 Å². The first-order valence-corrected chi connectivity index (χ1v) is 5.92. The van der Waals surface area contributed by atoms with Crippen LogP contribution in [0, 0.1) is 15.2 Å². The van der Waals surface area contributed by atoms with Crippen LogP contribution in [-0.4, -0.2) is 5.78 Å². The van der Waals surface area contributed by atoms with Gasteiger partial charge in [0, 0.05) is 9.13 Å². The maximum atomic E-state index is 13.4. The van der Waals surface area contributed by atoms with Crippen molar-refractivity contribution < 1.29 is 13.6 Å². The standard InChI is InChI=1S/C13H7F2IO/c14-11-3-1-2-10(12(11)15)13(17)8-4-6-9(16)7-5-8/h1-7H. The maximum Gasteiger partial charge on any atom is 0.196 e. The molecular weight excluding hydrogens is 337 g/mol. The summed E-state index contributed by atoms with van der Waals surface area (Å²) in [6.45, 7) is 0. The number of benzene rings is 2. The number of hydrogen-bond acceptors (Lipinski definition) is 1. The molecule has 2 aromatic carbocycles. The lowest BCUT2D eigenvalue weighted by Gasteiger charge is -2.03. The molecule has 17 heavy (non-hydrogen) atoms. The van der Waals surface area contributed by atoms with Crippen LogP contribution in [0.2, 0.25) is 0 Å². The third-order valence-electron chi connectivity index (χ3n) is 2.30. The summed E-state index contributed by atoms with van der Waals surface area (Å²) in [6, 6.07) is 10.2. The van der Waals surface area contributed by atoms with Crippen LogP contribution in [0.5, 0.6) is 0 Å². The predicted molar refractivity (Wildman–Crippen MR) is 68.9 cm³/mol. The van der Waals surface area contributed by atoms with E-state index in [1.54, 1.807) is 24.3 Å². The van der Waals surface area contributed by atoms with Crippen molar-refractivity contribution in [3.05, 3.63) is 68.8 Å². The molecule has 0 saturated carbocycles. The van der Waals surface area contributed by atoms with Gasteiger partial charge in [-0.25, -0.2) is 8.78 Å². The average Bonchev–Trinajstić information content (AvgIpc) is 2.33. The van der Waals surface area contributed by atoms with E-state index in [1.807, 2.05) is 0 Å². The highest BCUT2D eigenvalue weighted by Gasteiger charge is 2.16. The molecule has 0 radical (unpaired) electrons. The fourth-order valence-electron chi connectivity index (χ4n) is 1.44. The molecule has 0 unspecified atom stereocenters. The van der Waals surface area contributed by atoms with Crippen LogP contribution in [0.3, 0.4) is 0 Å². The fourth-order valence-corrected chi connectivity index (χ4v) is 1.80. The zero-order valence-corrected chi connectivity index (χ0v) is 10.7. The van der Waals surface area contributed by atoms with E-state index in [0.717, 1.165) is 9.64 Å². The van der Waals surface area contributed by atoms with Crippen molar-refractivity contribution >= 4 is 28.4 Å². The second kappa shape index (κ2) is 4.91. The third kappa shape index (κ3) is 2.52. The topological polar surface area (TPSA) is 17.1 Å². The van der Waals surface area contributed by atoms with Gasteiger partial charge in [0.05, 0.1) is 5.56 Å². The molecule has 0 aliphatic rings. The zero-order chi connectivity index (χ0) is 12.4. The molecule has 0 N–H and O–H groups in total. The third-order valence-corrected chi connectivity index (χ3v) is 3.02. The Bertz CT molecular complexity index is 564. The quantitative estimate of drug-likeness (QED) is 0.598. The molecule has 1 nitrogen and oxygen atoms in total. The van der Waals surface area contributed by atoms with Gasteiger partial charge in [0.1, 0.15) is 0 Å². The van der Waals surface area contributed by atoms with Gasteiger partial charge in [0.15, 0.2) is 17.4 Å². The average molecular weight is 344 g/mol. The number of carbonyl (C=O) groups is 1. The van der Waals surface area contributed by atoms with Gasteiger partial charge >= 0.3 is 0 Å². The number of carbonyl (C=O) groups excluding carboxylic acids is 1. The highest BCUT2D eigenvalue weighted by Crippen LogP contribution is 2.17. The van der Waals surface area contributed by atoms with Gasteiger partial charge in [-0.2, -0.15) is 0 Å². The van der Waals surface area contributed by atoms with E-state index >= 15 is 0 Å². The minimum Gasteiger partial charge on any atom is -0.288 e. The Balaban J connectivity index is 2.44. The highest BCUT2D eigenvalue weighted by molar-refractivity contribution is 14.1. The van der Waals surface area contributed by atoms with E-state index in [4.69, 9.17) is 0 Å². The molecule has 0 saturated heterocycles. The second-order valence-electron chi connectivity index (χ2n) is 3.44. The second-order valence-corrected chi connectivity index (χ2v) is 4.68. The maximum absolute atomic E-state index is 13.4. The first-order valence-electron chi connectivity index (χ1n) is 4.84. The van der Waals surface area contributed by atoms with Crippen molar-refractivity contribution in [2.24, 2.45) is 0 Å². The first-order chi connectivity index (χ1) is 8.09. The van der Waals surface area contributed by atoms with Crippen LogP contribution >= 0.6 is 22.6 Å². The molecule has 0 aromatic heterocycles. The van der Waals surface area contributed by atoms with Crippen LogP contribution in [-0.2, 0) is 0 Å². The van der Waals surface area contributed by atoms with E-state index < -0.39 is 17.4 Å². The van der Waals surface area contributed by atoms with E-state index in [-0.39, 0.29) is 5.56 Å². The van der Waals surface area contributed by atoms with Gasteiger partial charge in [-0.05, 0) is 59.0 Å². The SMILES string of the molecule is O=C(c1ccc(I)cc1)c1cccc(F)c1F. The largest absolute Gasteiger partial charge is 0.288 e. The predicted octanol–water partition coefficient (Wildman–Crippen LogP) is 3.80. The molecule has 0 aliphatic carbocycles. The van der Waals surface area contributed by atoms with E-state index in [0.29, 0.717) is 5.56 Å². The van der Waals surface area contributed by atoms with Crippen LogP contribution < -0.4 is 0 Å². The summed E-state index contributed by atoms with van der Waals surface area (Å²) in [4.78, 5) is 11.9. The molecule has 0 aliphatic heterocycles. The van der Waals surface area contributed by atoms with Gasteiger partial charge in [0.2, 0.25) is 0 Å². The molecule has 0 bridgehead atoms. The van der Waals surface area contributed by atoms with Gasteiger partial charge in [-0.1, -0.05) is 6.07 Å². The van der Waals surface area contributed by atoms with E-state index in [1.165, 1.54) is 12.1 Å². The number of halogens is 3. The summed E-state index contributed by atoms with van der Waals surface area (Å²) < 4.78 is 27.4. The summed E-state index contributed by atoms with van der Waals surface area (Å²) in [5, 5.41) is 0. The summed E-state index contributed by atoms with van der Waals surface area (Å²) in [5.41, 5.74) is 0.0983. The Morgan fingerprint density at radius 3 is 2.29 bits per heavy atom. The fraction of sp³-hybridized carbons (Fsp3) is 0. The van der Waals surface area contributed by atoms with Crippen molar-refractivity contribution in [2.45, 2.75) is 0 Å². The number of rotatable bonds is 2. The van der Waals surface area contributed by atoms with Gasteiger partial charge < -0.3 is 0 Å². The minimum atomic E-state index is -1.10. The van der Waals surface area contributed by atoms with Crippen LogP contribution in [0.15, 0.2) is 42.5 Å². The lowest BCUT2D eigenvalue weighted by Crippen LogP contribution is -2.05. The van der Waals surface area contributed by atoms with E-state index in [2.05, 4.69) is 22.6 Å². The van der Waals surface area contributed by atoms with Crippen LogP contribution in [0.1, 0.15) is 15.9 Å².